The number of hydrogen-bond donors (Lipinski definition) is 2. The van der Waals surface area contributed by atoms with Crippen LogP contribution in [0.4, 0.5) is 0 Å². The summed E-state index contributed by atoms with van der Waals surface area (Å²) in [6.07, 6.45) is 2.56. The summed E-state index contributed by atoms with van der Waals surface area (Å²) >= 11 is 3.26. The minimum absolute atomic E-state index is 0. The van der Waals surface area contributed by atoms with Crippen molar-refractivity contribution in [1.29, 1.82) is 0 Å². The summed E-state index contributed by atoms with van der Waals surface area (Å²) in [6.45, 7) is 0.608. The van der Waals surface area contributed by atoms with E-state index in [1.165, 1.54) is 0 Å². The molecule has 1 atom stereocenters. The molecule has 0 amide bonds. The molecule has 74 valence electrons. The van der Waals surface area contributed by atoms with Crippen LogP contribution in [0.15, 0.2) is 22.9 Å². The Kier molecular flexibility index (Phi) is 6.24. The van der Waals surface area contributed by atoms with Gasteiger partial charge in [0.05, 0.1) is 0 Å². The first kappa shape index (κ1) is 12.8. The van der Waals surface area contributed by atoms with Gasteiger partial charge in [-0.25, -0.2) is 4.98 Å². The molecule has 0 aliphatic heterocycles. The molecule has 0 saturated heterocycles. The number of halogens is 2. The first-order chi connectivity index (χ1) is 5.74. The second-order valence-electron chi connectivity index (χ2n) is 2.60. The van der Waals surface area contributed by atoms with Gasteiger partial charge in [0, 0.05) is 12.2 Å². The topological polar surface area (TPSA) is 64.9 Å². The lowest BCUT2D eigenvalue weighted by atomic mass is 10.1. The van der Waals surface area contributed by atoms with Crippen molar-refractivity contribution in [3.8, 4) is 0 Å². The van der Waals surface area contributed by atoms with Gasteiger partial charge in [0.15, 0.2) is 0 Å². The molecule has 1 heterocycles. The predicted octanol–water partition coefficient (Wildman–Crippen LogP) is 1.61. The van der Waals surface area contributed by atoms with Crippen molar-refractivity contribution in [2.45, 2.75) is 12.5 Å². The Balaban J connectivity index is 0.00000144. The van der Waals surface area contributed by atoms with Crippen molar-refractivity contribution >= 4 is 28.3 Å². The van der Waals surface area contributed by atoms with Crippen LogP contribution in [0.3, 0.4) is 0 Å². The number of pyridine rings is 1. The molecule has 3 nitrogen and oxygen atoms in total. The zero-order valence-corrected chi connectivity index (χ0v) is 9.51. The minimum Gasteiger partial charge on any atom is -0.330 e. The van der Waals surface area contributed by atoms with Crippen molar-refractivity contribution in [1.82, 2.24) is 4.98 Å². The number of hydrogen-bond acceptors (Lipinski definition) is 3. The lowest BCUT2D eigenvalue weighted by molar-refractivity contribution is 0.658. The van der Waals surface area contributed by atoms with E-state index in [4.69, 9.17) is 11.5 Å². The molecule has 0 aromatic carbocycles. The summed E-state index contributed by atoms with van der Waals surface area (Å²) < 4.78 is 0.825. The van der Waals surface area contributed by atoms with Gasteiger partial charge >= 0.3 is 0 Å². The van der Waals surface area contributed by atoms with Crippen LogP contribution in [0.1, 0.15) is 18.0 Å². The van der Waals surface area contributed by atoms with Crippen LogP contribution in [0.25, 0.3) is 0 Å². The minimum atomic E-state index is 0. The summed E-state index contributed by atoms with van der Waals surface area (Å²) in [5.74, 6) is 0. The first-order valence-corrected chi connectivity index (χ1v) is 4.60. The van der Waals surface area contributed by atoms with Crippen LogP contribution in [0.2, 0.25) is 0 Å². The van der Waals surface area contributed by atoms with Crippen LogP contribution in [-0.2, 0) is 0 Å². The Morgan fingerprint density at radius 2 is 2.15 bits per heavy atom. The summed E-state index contributed by atoms with van der Waals surface area (Å²) in [6, 6.07) is 3.85. The van der Waals surface area contributed by atoms with Gasteiger partial charge in [-0.2, -0.15) is 0 Å². The summed E-state index contributed by atoms with van der Waals surface area (Å²) in [5.41, 5.74) is 12.2. The fourth-order valence-electron chi connectivity index (χ4n) is 0.953. The van der Waals surface area contributed by atoms with Crippen molar-refractivity contribution < 1.29 is 0 Å². The number of nitrogens with zero attached hydrogens (tertiary/aromatic N) is 1. The van der Waals surface area contributed by atoms with E-state index in [0.29, 0.717) is 6.54 Å². The molecule has 0 aliphatic carbocycles. The zero-order valence-electron chi connectivity index (χ0n) is 7.11. The molecule has 13 heavy (non-hydrogen) atoms. The quantitative estimate of drug-likeness (QED) is 0.817. The Morgan fingerprint density at radius 3 is 2.62 bits per heavy atom. The monoisotopic (exact) mass is 265 g/mol. The molecule has 1 aromatic heterocycles. The van der Waals surface area contributed by atoms with Gasteiger partial charge in [-0.1, -0.05) is 6.07 Å². The van der Waals surface area contributed by atoms with Gasteiger partial charge in [0.2, 0.25) is 0 Å². The van der Waals surface area contributed by atoms with E-state index >= 15 is 0 Å². The highest BCUT2D eigenvalue weighted by molar-refractivity contribution is 9.10. The number of aromatic nitrogens is 1. The van der Waals surface area contributed by atoms with Gasteiger partial charge in [0.25, 0.3) is 0 Å². The lowest BCUT2D eigenvalue weighted by Crippen LogP contribution is -2.15. The fraction of sp³-hybridized carbons (Fsp3) is 0.375. The Hall–Kier alpha value is -0.160. The highest BCUT2D eigenvalue weighted by atomic mass is 79.9. The van der Waals surface area contributed by atoms with Crippen molar-refractivity contribution in [3.63, 3.8) is 0 Å². The molecular weight excluding hydrogens is 253 g/mol. The summed E-state index contributed by atoms with van der Waals surface area (Å²) in [5, 5.41) is 0. The molecule has 0 spiro atoms. The van der Waals surface area contributed by atoms with Gasteiger partial charge in [-0.3, -0.25) is 0 Å². The molecule has 0 unspecified atom stereocenters. The smallest absolute Gasteiger partial charge is 0.106 e. The Morgan fingerprint density at radius 1 is 1.46 bits per heavy atom. The molecule has 1 rings (SSSR count). The molecular formula is C8H13BrClN3. The molecule has 0 aliphatic rings. The SMILES string of the molecule is Cl.NCC[C@@H](N)c1ccc(Br)nc1. The van der Waals surface area contributed by atoms with Gasteiger partial charge < -0.3 is 11.5 Å². The van der Waals surface area contributed by atoms with Crippen LogP contribution in [-0.4, -0.2) is 11.5 Å². The van der Waals surface area contributed by atoms with E-state index in [9.17, 15) is 0 Å². The standard InChI is InChI=1S/C8H12BrN3.ClH/c9-8-2-1-6(5-12-8)7(11)3-4-10;/h1-2,5,7H,3-4,10-11H2;1H/t7-;/m1./s1. The summed E-state index contributed by atoms with van der Waals surface area (Å²) in [7, 11) is 0. The maximum Gasteiger partial charge on any atom is 0.106 e. The van der Waals surface area contributed by atoms with Crippen LogP contribution < -0.4 is 11.5 Å². The maximum absolute atomic E-state index is 5.82. The highest BCUT2D eigenvalue weighted by Gasteiger charge is 2.03. The molecule has 4 N–H and O–H groups in total. The normalized spacial score (nSPS) is 11.9. The van der Waals surface area contributed by atoms with E-state index in [-0.39, 0.29) is 18.4 Å². The van der Waals surface area contributed by atoms with Gasteiger partial charge in [0.1, 0.15) is 4.60 Å². The third-order valence-corrected chi connectivity index (χ3v) is 2.13. The average Bonchev–Trinajstić information content (AvgIpc) is 2.06. The van der Waals surface area contributed by atoms with Crippen LogP contribution >= 0.6 is 28.3 Å². The zero-order chi connectivity index (χ0) is 8.97. The van der Waals surface area contributed by atoms with E-state index < -0.39 is 0 Å². The average molecular weight is 267 g/mol. The van der Waals surface area contributed by atoms with Crippen LogP contribution in [0, 0.1) is 0 Å². The Bertz CT molecular complexity index is 240. The molecule has 5 heteroatoms. The summed E-state index contributed by atoms with van der Waals surface area (Å²) in [4.78, 5) is 4.08. The molecule has 0 bridgehead atoms. The van der Waals surface area contributed by atoms with E-state index in [2.05, 4.69) is 20.9 Å². The van der Waals surface area contributed by atoms with Gasteiger partial charge in [-0.05, 0) is 40.5 Å². The van der Waals surface area contributed by atoms with E-state index in [0.717, 1.165) is 16.6 Å². The molecule has 0 saturated carbocycles. The number of rotatable bonds is 3. The largest absolute Gasteiger partial charge is 0.330 e. The maximum atomic E-state index is 5.82. The third-order valence-electron chi connectivity index (χ3n) is 1.66. The van der Waals surface area contributed by atoms with Crippen molar-refractivity contribution in [2.24, 2.45) is 11.5 Å². The highest BCUT2D eigenvalue weighted by Crippen LogP contribution is 2.14. The van der Waals surface area contributed by atoms with Crippen LogP contribution in [0.5, 0.6) is 0 Å². The molecule has 1 aromatic rings. The Labute approximate surface area is 92.4 Å². The first-order valence-electron chi connectivity index (χ1n) is 3.81. The molecule has 0 radical (unpaired) electrons. The fourth-order valence-corrected chi connectivity index (χ4v) is 1.19. The van der Waals surface area contributed by atoms with Gasteiger partial charge in [-0.15, -0.1) is 12.4 Å². The third kappa shape index (κ3) is 4.04. The van der Waals surface area contributed by atoms with E-state index in [1.54, 1.807) is 6.20 Å². The van der Waals surface area contributed by atoms with Crippen molar-refractivity contribution in [3.05, 3.63) is 28.5 Å². The van der Waals surface area contributed by atoms with E-state index in [1.807, 2.05) is 12.1 Å². The second kappa shape index (κ2) is 6.32. The second-order valence-corrected chi connectivity index (χ2v) is 3.41. The number of nitrogens with two attached hydrogens (primary N) is 2. The molecule has 0 fully saturated rings. The lowest BCUT2D eigenvalue weighted by Gasteiger charge is -2.09. The predicted molar refractivity (Wildman–Crippen MR) is 59.8 cm³/mol. The van der Waals surface area contributed by atoms with Crippen molar-refractivity contribution in [2.75, 3.05) is 6.54 Å².